The molecule has 1 aromatic carbocycles. The Labute approximate surface area is 146 Å². The van der Waals surface area contributed by atoms with Gasteiger partial charge >= 0.3 is 6.36 Å². The van der Waals surface area contributed by atoms with Crippen molar-refractivity contribution in [3.8, 4) is 17.1 Å². The van der Waals surface area contributed by atoms with Crippen LogP contribution in [0, 0.1) is 0 Å². The molecule has 0 spiro atoms. The summed E-state index contributed by atoms with van der Waals surface area (Å²) in [6.45, 7) is 0.250. The Balaban J connectivity index is 1.95. The van der Waals surface area contributed by atoms with E-state index in [1.165, 1.54) is 30.5 Å². The highest BCUT2D eigenvalue weighted by atomic mass is 32.1. The van der Waals surface area contributed by atoms with Crippen molar-refractivity contribution < 1.29 is 27.4 Å². The number of nitrogens with zero attached hydrogens (tertiary/aromatic N) is 1. The monoisotopic (exact) mass is 373 g/mol. The van der Waals surface area contributed by atoms with Gasteiger partial charge in [0.1, 0.15) is 17.3 Å². The summed E-state index contributed by atoms with van der Waals surface area (Å²) < 4.78 is 45.7. The number of hydrogen-bond acceptors (Lipinski definition) is 5. The van der Waals surface area contributed by atoms with Gasteiger partial charge in [0.2, 0.25) is 0 Å². The molecule has 0 aliphatic carbocycles. The second kappa shape index (κ2) is 8.49. The molecule has 0 saturated heterocycles. The third-order valence-electron chi connectivity index (χ3n) is 2.75. The molecule has 0 radical (unpaired) electrons. The van der Waals surface area contributed by atoms with Crippen LogP contribution < -0.4 is 15.5 Å². The predicted octanol–water partition coefficient (Wildman–Crippen LogP) is 2.64. The van der Waals surface area contributed by atoms with Crippen molar-refractivity contribution in [2.75, 3.05) is 13.2 Å². The van der Waals surface area contributed by atoms with Crippen LogP contribution in [-0.4, -0.2) is 35.9 Å². The third kappa shape index (κ3) is 6.43. The first-order valence-corrected chi connectivity index (χ1v) is 7.42. The van der Waals surface area contributed by atoms with Gasteiger partial charge < -0.3 is 19.6 Å². The fourth-order valence-electron chi connectivity index (χ4n) is 1.76. The molecule has 0 amide bonds. The van der Waals surface area contributed by atoms with Crippen LogP contribution in [-0.2, 0) is 0 Å². The third-order valence-corrected chi connectivity index (χ3v) is 2.99. The smallest absolute Gasteiger partial charge is 0.455 e. The summed E-state index contributed by atoms with van der Waals surface area (Å²) in [5, 5.41) is 15.4. The largest absolute Gasteiger partial charge is 0.573 e. The molecule has 6 nitrogen and oxygen atoms in total. The number of alkyl halides is 3. The van der Waals surface area contributed by atoms with Crippen LogP contribution in [0.2, 0.25) is 0 Å². The molecule has 0 unspecified atom stereocenters. The van der Waals surface area contributed by atoms with Crippen LogP contribution in [0.1, 0.15) is 5.76 Å². The van der Waals surface area contributed by atoms with Crippen molar-refractivity contribution >= 4 is 23.5 Å². The summed E-state index contributed by atoms with van der Waals surface area (Å²) in [6, 6.07) is 8.60. The quantitative estimate of drug-likeness (QED) is 0.410. The van der Waals surface area contributed by atoms with Gasteiger partial charge in [0.05, 0.1) is 12.8 Å². The van der Waals surface area contributed by atoms with E-state index in [-0.39, 0.29) is 17.5 Å². The number of benzene rings is 1. The predicted molar refractivity (Wildman–Crippen MR) is 89.2 cm³/mol. The van der Waals surface area contributed by atoms with E-state index in [1.807, 2.05) is 0 Å². The topological polar surface area (TPSA) is 79.0 Å². The molecular weight excluding hydrogens is 359 g/mol. The summed E-state index contributed by atoms with van der Waals surface area (Å²) in [4.78, 5) is 0. The highest BCUT2D eigenvalue weighted by Crippen LogP contribution is 2.27. The maximum absolute atomic E-state index is 12.1. The Morgan fingerprint density at radius 1 is 1.24 bits per heavy atom. The molecule has 134 valence electrons. The second-order valence-electron chi connectivity index (χ2n) is 4.62. The van der Waals surface area contributed by atoms with Crippen LogP contribution in [0.4, 0.5) is 13.2 Å². The Morgan fingerprint density at radius 2 is 1.96 bits per heavy atom. The number of hydrazone groups is 1. The molecule has 0 aliphatic heterocycles. The molecule has 25 heavy (non-hydrogen) atoms. The molecule has 3 N–H and O–H groups in total. The van der Waals surface area contributed by atoms with Crippen LogP contribution in [0.3, 0.4) is 0 Å². The lowest BCUT2D eigenvalue weighted by atomic mass is 10.2. The molecule has 0 saturated carbocycles. The van der Waals surface area contributed by atoms with E-state index in [0.29, 0.717) is 23.6 Å². The Kier molecular flexibility index (Phi) is 6.37. The number of hydrogen-bond donors (Lipinski definition) is 3. The first-order chi connectivity index (χ1) is 11.9. The normalized spacial score (nSPS) is 11.5. The number of aliphatic hydroxyl groups is 1. The number of aliphatic hydroxyl groups excluding tert-OH is 1. The molecule has 10 heteroatoms. The zero-order chi connectivity index (χ0) is 18.3. The molecule has 0 fully saturated rings. The highest BCUT2D eigenvalue weighted by molar-refractivity contribution is 7.80. The van der Waals surface area contributed by atoms with E-state index in [0.717, 1.165) is 0 Å². The first kappa shape index (κ1) is 18.7. The standard InChI is InChI=1S/C15H14F3N3O3S/c16-15(17,18)24-11-3-1-10(2-4-11)13-6-5-12(23-13)9-20-21-14(25)19-7-8-22/h1-6,9,22H,7-8H2,(H2,19,21,25). The maximum atomic E-state index is 12.1. The van der Waals surface area contributed by atoms with Gasteiger partial charge in [0, 0.05) is 12.1 Å². The van der Waals surface area contributed by atoms with Crippen LogP contribution in [0.15, 0.2) is 45.9 Å². The van der Waals surface area contributed by atoms with E-state index in [1.54, 1.807) is 12.1 Å². The van der Waals surface area contributed by atoms with E-state index < -0.39 is 6.36 Å². The van der Waals surface area contributed by atoms with Gasteiger partial charge in [0.25, 0.3) is 0 Å². The number of rotatable bonds is 6. The van der Waals surface area contributed by atoms with E-state index in [2.05, 4.69) is 20.6 Å². The molecule has 1 aromatic heterocycles. The van der Waals surface area contributed by atoms with E-state index in [9.17, 15) is 13.2 Å². The van der Waals surface area contributed by atoms with Gasteiger partial charge in [-0.05, 0) is 48.6 Å². The molecular formula is C15H14F3N3O3S. The number of halogens is 3. The fraction of sp³-hybridized carbons (Fsp3) is 0.200. The van der Waals surface area contributed by atoms with Crippen molar-refractivity contribution in [2.24, 2.45) is 5.10 Å². The van der Waals surface area contributed by atoms with Crippen molar-refractivity contribution in [3.05, 3.63) is 42.2 Å². The Bertz CT molecular complexity index is 730. The van der Waals surface area contributed by atoms with E-state index in [4.69, 9.17) is 21.7 Å². The molecule has 0 bridgehead atoms. The van der Waals surface area contributed by atoms with Gasteiger partial charge in [0.15, 0.2) is 5.11 Å². The van der Waals surface area contributed by atoms with Gasteiger partial charge in [-0.15, -0.1) is 13.2 Å². The summed E-state index contributed by atoms with van der Waals surface area (Å²) in [5.74, 6) is 0.571. The lowest BCUT2D eigenvalue weighted by Gasteiger charge is -2.08. The fourth-order valence-corrected chi connectivity index (χ4v) is 1.92. The first-order valence-electron chi connectivity index (χ1n) is 7.01. The average molecular weight is 373 g/mol. The molecule has 0 atom stereocenters. The summed E-state index contributed by atoms with van der Waals surface area (Å²) in [5.41, 5.74) is 3.13. The number of nitrogens with one attached hydrogen (secondary N) is 2. The van der Waals surface area contributed by atoms with Gasteiger partial charge in [-0.1, -0.05) is 0 Å². The maximum Gasteiger partial charge on any atom is 0.573 e. The second-order valence-corrected chi connectivity index (χ2v) is 5.03. The summed E-state index contributed by atoms with van der Waals surface area (Å²) in [6.07, 6.45) is -3.34. The van der Waals surface area contributed by atoms with E-state index >= 15 is 0 Å². The highest BCUT2D eigenvalue weighted by Gasteiger charge is 2.30. The van der Waals surface area contributed by atoms with Gasteiger partial charge in [-0.25, -0.2) is 0 Å². The number of furan rings is 1. The minimum Gasteiger partial charge on any atom is -0.455 e. The molecule has 2 aromatic rings. The van der Waals surface area contributed by atoms with Crippen molar-refractivity contribution in [2.45, 2.75) is 6.36 Å². The van der Waals surface area contributed by atoms with Crippen LogP contribution in [0.5, 0.6) is 5.75 Å². The van der Waals surface area contributed by atoms with Crippen molar-refractivity contribution in [1.82, 2.24) is 10.7 Å². The van der Waals surface area contributed by atoms with Crippen LogP contribution >= 0.6 is 12.2 Å². The molecule has 0 aliphatic rings. The summed E-state index contributed by atoms with van der Waals surface area (Å²) >= 11 is 4.90. The van der Waals surface area contributed by atoms with Gasteiger partial charge in [-0.2, -0.15) is 5.10 Å². The SMILES string of the molecule is OCCNC(=S)NN=Cc1ccc(-c2ccc(OC(F)(F)F)cc2)o1. The zero-order valence-electron chi connectivity index (χ0n) is 12.7. The molecule has 2 rings (SSSR count). The van der Waals surface area contributed by atoms with Gasteiger partial charge in [-0.3, -0.25) is 5.43 Å². The summed E-state index contributed by atoms with van der Waals surface area (Å²) in [7, 11) is 0. The van der Waals surface area contributed by atoms with Crippen LogP contribution in [0.25, 0.3) is 11.3 Å². The average Bonchev–Trinajstić information content (AvgIpc) is 3.01. The lowest BCUT2D eigenvalue weighted by Crippen LogP contribution is -2.33. The zero-order valence-corrected chi connectivity index (χ0v) is 13.5. The minimum atomic E-state index is -4.73. The van der Waals surface area contributed by atoms with Crippen molar-refractivity contribution in [3.63, 3.8) is 0 Å². The Hall–Kier alpha value is -2.59. The van der Waals surface area contributed by atoms with Crippen molar-refractivity contribution in [1.29, 1.82) is 0 Å². The lowest BCUT2D eigenvalue weighted by molar-refractivity contribution is -0.274. The number of ether oxygens (including phenoxy) is 1. The number of thiocarbonyl (C=S) groups is 1. The molecule has 1 heterocycles. The minimum absolute atomic E-state index is 0.0557. The Morgan fingerprint density at radius 3 is 2.60 bits per heavy atom.